The van der Waals surface area contributed by atoms with Gasteiger partial charge in [0.25, 0.3) is 5.91 Å². The van der Waals surface area contributed by atoms with Gasteiger partial charge in [0.15, 0.2) is 0 Å². The molecule has 31 heavy (non-hydrogen) atoms. The average molecular weight is 418 g/mol. The molecule has 6 nitrogen and oxygen atoms in total. The van der Waals surface area contributed by atoms with Gasteiger partial charge in [-0.3, -0.25) is 9.59 Å². The number of rotatable bonds is 8. The topological polar surface area (TPSA) is 66.7 Å². The highest BCUT2D eigenvalue weighted by Crippen LogP contribution is 2.20. The number of hydrogen-bond acceptors (Lipinski definition) is 4. The van der Waals surface area contributed by atoms with Gasteiger partial charge in [-0.05, 0) is 30.5 Å². The molecule has 0 spiro atoms. The zero-order chi connectivity index (χ0) is 21.6. The highest BCUT2D eigenvalue weighted by molar-refractivity contribution is 5.94. The van der Waals surface area contributed by atoms with Crippen molar-refractivity contribution in [3.63, 3.8) is 0 Å². The average Bonchev–Trinajstić information content (AvgIpc) is 3.43. The van der Waals surface area contributed by atoms with Crippen molar-refractivity contribution in [2.24, 2.45) is 0 Å². The van der Waals surface area contributed by atoms with Crippen LogP contribution in [0.15, 0.2) is 65.2 Å². The molecule has 6 heteroatoms. The number of benzene rings is 2. The van der Waals surface area contributed by atoms with E-state index in [0.29, 0.717) is 31.5 Å². The van der Waals surface area contributed by atoms with E-state index in [1.54, 1.807) is 4.90 Å². The second kappa shape index (κ2) is 9.60. The molecule has 3 aromatic rings. The first kappa shape index (κ1) is 20.8. The van der Waals surface area contributed by atoms with Crippen LogP contribution in [0.25, 0.3) is 11.3 Å². The lowest BCUT2D eigenvalue weighted by Gasteiger charge is -2.19. The molecule has 0 atom stereocenters. The minimum Gasteiger partial charge on any atom is -0.361 e. The Morgan fingerprint density at radius 3 is 2.74 bits per heavy atom. The van der Waals surface area contributed by atoms with E-state index in [2.05, 4.69) is 5.16 Å². The van der Waals surface area contributed by atoms with Crippen molar-refractivity contribution in [3.05, 3.63) is 77.6 Å². The molecular weight excluding hydrogens is 390 g/mol. The summed E-state index contributed by atoms with van der Waals surface area (Å²) < 4.78 is 5.45. The summed E-state index contributed by atoms with van der Waals surface area (Å²) in [4.78, 5) is 28.3. The van der Waals surface area contributed by atoms with Crippen LogP contribution in [0.3, 0.4) is 0 Å². The van der Waals surface area contributed by atoms with Gasteiger partial charge in [-0.15, -0.1) is 0 Å². The van der Waals surface area contributed by atoms with Crippen molar-refractivity contribution < 1.29 is 14.1 Å². The first-order valence-electron chi connectivity index (χ1n) is 10.7. The van der Waals surface area contributed by atoms with E-state index in [-0.39, 0.29) is 11.8 Å². The molecular formula is C25H27N3O3. The van der Waals surface area contributed by atoms with Crippen molar-refractivity contribution in [1.82, 2.24) is 15.0 Å². The lowest BCUT2D eigenvalue weighted by molar-refractivity contribution is -0.128. The lowest BCUT2D eigenvalue weighted by Crippen LogP contribution is -2.28. The molecule has 0 unspecified atom stereocenters. The van der Waals surface area contributed by atoms with E-state index in [9.17, 15) is 9.59 Å². The molecule has 0 bridgehead atoms. The quantitative estimate of drug-likeness (QED) is 0.552. The number of hydrogen-bond donors (Lipinski definition) is 0. The molecule has 1 aliphatic heterocycles. The van der Waals surface area contributed by atoms with E-state index >= 15 is 0 Å². The first-order valence-corrected chi connectivity index (χ1v) is 10.7. The van der Waals surface area contributed by atoms with Crippen LogP contribution in [0.5, 0.6) is 0 Å². The summed E-state index contributed by atoms with van der Waals surface area (Å²) in [5.41, 5.74) is 3.50. The molecule has 2 amide bonds. The second-order valence-electron chi connectivity index (χ2n) is 7.99. The van der Waals surface area contributed by atoms with Gasteiger partial charge in [-0.1, -0.05) is 47.6 Å². The third kappa shape index (κ3) is 5.20. The van der Waals surface area contributed by atoms with Crippen molar-refractivity contribution in [2.45, 2.75) is 32.2 Å². The highest BCUT2D eigenvalue weighted by atomic mass is 16.5. The van der Waals surface area contributed by atoms with Crippen LogP contribution in [0.1, 0.15) is 40.9 Å². The first-order chi connectivity index (χ1) is 15.1. The van der Waals surface area contributed by atoms with Crippen LogP contribution in [0.2, 0.25) is 0 Å². The summed E-state index contributed by atoms with van der Waals surface area (Å²) in [6.45, 7) is 1.98. The number of nitrogens with zero attached hydrogens (tertiary/aromatic N) is 3. The van der Waals surface area contributed by atoms with E-state index in [1.165, 1.54) is 0 Å². The molecule has 0 N–H and O–H groups in total. The SMILES string of the molecule is CN(CCCc1cc(-c2ccccc2)no1)C(=O)c1cccc(CN2CCCC2=O)c1. The third-order valence-electron chi connectivity index (χ3n) is 5.61. The van der Waals surface area contributed by atoms with E-state index in [1.807, 2.05) is 72.6 Å². The number of likely N-dealkylation sites (tertiary alicyclic amines) is 1. The van der Waals surface area contributed by atoms with Crippen LogP contribution < -0.4 is 0 Å². The molecule has 1 saturated heterocycles. The molecule has 0 radical (unpaired) electrons. The Morgan fingerprint density at radius 1 is 1.13 bits per heavy atom. The molecule has 160 valence electrons. The lowest BCUT2D eigenvalue weighted by atomic mass is 10.1. The zero-order valence-corrected chi connectivity index (χ0v) is 17.8. The fourth-order valence-electron chi connectivity index (χ4n) is 3.88. The number of aromatic nitrogens is 1. The predicted molar refractivity (Wildman–Crippen MR) is 118 cm³/mol. The van der Waals surface area contributed by atoms with Crippen molar-refractivity contribution in [1.29, 1.82) is 0 Å². The Bertz CT molecular complexity index is 1040. The Balaban J connectivity index is 1.29. The summed E-state index contributed by atoms with van der Waals surface area (Å²) in [6, 6.07) is 19.5. The summed E-state index contributed by atoms with van der Waals surface area (Å²) in [5, 5.41) is 4.14. The second-order valence-corrected chi connectivity index (χ2v) is 7.99. The van der Waals surface area contributed by atoms with E-state index in [0.717, 1.165) is 42.0 Å². The Hall–Kier alpha value is -3.41. The fraction of sp³-hybridized carbons (Fsp3) is 0.320. The summed E-state index contributed by atoms with van der Waals surface area (Å²) in [5.74, 6) is 0.991. The summed E-state index contributed by atoms with van der Waals surface area (Å²) >= 11 is 0. The molecule has 2 heterocycles. The van der Waals surface area contributed by atoms with Crippen LogP contribution >= 0.6 is 0 Å². The van der Waals surface area contributed by atoms with E-state index < -0.39 is 0 Å². The number of aryl methyl sites for hydroxylation is 1. The Morgan fingerprint density at radius 2 is 1.97 bits per heavy atom. The van der Waals surface area contributed by atoms with Crippen molar-refractivity contribution in [2.75, 3.05) is 20.1 Å². The van der Waals surface area contributed by atoms with E-state index in [4.69, 9.17) is 4.52 Å². The number of carbonyl (C=O) groups is 2. The van der Waals surface area contributed by atoms with Gasteiger partial charge in [0.1, 0.15) is 11.5 Å². The maximum atomic E-state index is 12.8. The van der Waals surface area contributed by atoms with Gasteiger partial charge in [0.05, 0.1) is 0 Å². The van der Waals surface area contributed by atoms with Crippen LogP contribution in [0, 0.1) is 0 Å². The predicted octanol–water partition coefficient (Wildman–Crippen LogP) is 4.17. The monoisotopic (exact) mass is 417 g/mol. The molecule has 1 aromatic heterocycles. The molecule has 2 aromatic carbocycles. The molecule has 4 rings (SSSR count). The van der Waals surface area contributed by atoms with Gasteiger partial charge in [-0.2, -0.15) is 0 Å². The normalized spacial score (nSPS) is 13.6. The van der Waals surface area contributed by atoms with Gasteiger partial charge in [0, 0.05) is 56.7 Å². The largest absolute Gasteiger partial charge is 0.361 e. The van der Waals surface area contributed by atoms with Gasteiger partial charge >= 0.3 is 0 Å². The fourth-order valence-corrected chi connectivity index (χ4v) is 3.88. The zero-order valence-electron chi connectivity index (χ0n) is 17.8. The van der Waals surface area contributed by atoms with Gasteiger partial charge in [-0.25, -0.2) is 0 Å². The Labute approximate surface area is 182 Å². The standard InChI is InChI=1S/C25H27N3O3/c1-27(14-6-12-22-17-23(26-31-22)20-9-3-2-4-10-20)25(30)21-11-5-8-19(16-21)18-28-15-7-13-24(28)29/h2-5,8-11,16-17H,6-7,12-15,18H2,1H3. The number of carbonyl (C=O) groups excluding carboxylic acids is 2. The van der Waals surface area contributed by atoms with Crippen molar-refractivity contribution in [3.8, 4) is 11.3 Å². The number of amides is 2. The molecule has 0 aliphatic carbocycles. The maximum Gasteiger partial charge on any atom is 0.253 e. The van der Waals surface area contributed by atoms with Crippen LogP contribution in [-0.4, -0.2) is 46.9 Å². The maximum absolute atomic E-state index is 12.8. The minimum atomic E-state index is -0.0165. The van der Waals surface area contributed by atoms with Gasteiger partial charge < -0.3 is 14.3 Å². The summed E-state index contributed by atoms with van der Waals surface area (Å²) in [6.07, 6.45) is 3.04. The molecule has 1 fully saturated rings. The highest BCUT2D eigenvalue weighted by Gasteiger charge is 2.20. The summed E-state index contributed by atoms with van der Waals surface area (Å²) in [7, 11) is 1.81. The smallest absolute Gasteiger partial charge is 0.253 e. The van der Waals surface area contributed by atoms with Crippen molar-refractivity contribution >= 4 is 11.8 Å². The third-order valence-corrected chi connectivity index (χ3v) is 5.61. The molecule has 1 aliphatic rings. The van der Waals surface area contributed by atoms with Gasteiger partial charge in [0.2, 0.25) is 5.91 Å². The Kier molecular flexibility index (Phi) is 6.46. The van der Waals surface area contributed by atoms with Crippen LogP contribution in [0.4, 0.5) is 0 Å². The van der Waals surface area contributed by atoms with Crippen LogP contribution in [-0.2, 0) is 17.8 Å². The molecule has 0 saturated carbocycles. The minimum absolute atomic E-state index is 0.0165.